The zero-order valence-corrected chi connectivity index (χ0v) is 28.1. The lowest BCUT2D eigenvalue weighted by atomic mass is 9.86. The van der Waals surface area contributed by atoms with Gasteiger partial charge in [-0.05, 0) is 52.5 Å². The highest BCUT2D eigenvalue weighted by Gasteiger charge is 2.61. The Morgan fingerprint density at radius 2 is 1.69 bits per heavy atom. The summed E-state index contributed by atoms with van der Waals surface area (Å²) in [7, 11) is 6.44. The van der Waals surface area contributed by atoms with Gasteiger partial charge < -0.3 is 38.8 Å². The SMILES string of the molecule is CC(=O)C[C@@H]1C[C@@]2(CO2)[C@H](OC(=O)N(C)C)[C@@H](/C=C/C(C)=C/C[C@@H]2O[C@H](C)[C@H](NC(=O)/C=C\[C@H](C)OC(=O)N(C)C)C[C@@H]2C)O1. The molecule has 0 aliphatic carbocycles. The van der Waals surface area contributed by atoms with Crippen molar-refractivity contribution in [3.63, 3.8) is 0 Å². The van der Waals surface area contributed by atoms with E-state index in [1.807, 2.05) is 26.0 Å². The van der Waals surface area contributed by atoms with Crippen LogP contribution in [0.5, 0.6) is 0 Å². The molecule has 252 valence electrons. The Morgan fingerprint density at radius 1 is 1.02 bits per heavy atom. The molecule has 9 atom stereocenters. The molecule has 3 aliphatic rings. The molecule has 12 heteroatoms. The van der Waals surface area contributed by atoms with E-state index in [0.29, 0.717) is 19.4 Å². The normalized spacial score (nSPS) is 32.3. The fourth-order valence-electron chi connectivity index (χ4n) is 5.58. The summed E-state index contributed by atoms with van der Waals surface area (Å²) in [6.07, 6.45) is 7.86. The number of hydrogen-bond donors (Lipinski definition) is 1. The molecular weight excluding hydrogens is 582 g/mol. The molecule has 3 fully saturated rings. The summed E-state index contributed by atoms with van der Waals surface area (Å²) in [6, 6.07) is -0.150. The van der Waals surface area contributed by atoms with E-state index in [9.17, 15) is 19.2 Å². The minimum Gasteiger partial charge on any atom is -0.442 e. The van der Waals surface area contributed by atoms with Crippen molar-refractivity contribution in [1.29, 1.82) is 0 Å². The van der Waals surface area contributed by atoms with Crippen molar-refractivity contribution in [1.82, 2.24) is 15.1 Å². The van der Waals surface area contributed by atoms with E-state index in [4.69, 9.17) is 23.7 Å². The molecule has 12 nitrogen and oxygen atoms in total. The molecule has 3 aliphatic heterocycles. The van der Waals surface area contributed by atoms with Crippen molar-refractivity contribution in [3.05, 3.63) is 36.0 Å². The van der Waals surface area contributed by atoms with E-state index in [1.165, 1.54) is 22.8 Å². The fraction of sp³-hybridized carbons (Fsp3) is 0.697. The second-order valence-corrected chi connectivity index (χ2v) is 13.0. The Bertz CT molecular complexity index is 1160. The van der Waals surface area contributed by atoms with Crippen LogP contribution in [0.4, 0.5) is 9.59 Å². The van der Waals surface area contributed by atoms with E-state index < -0.39 is 36.1 Å². The Kier molecular flexibility index (Phi) is 12.8. The number of rotatable bonds is 11. The van der Waals surface area contributed by atoms with Gasteiger partial charge in [0.2, 0.25) is 5.91 Å². The van der Waals surface area contributed by atoms with Crippen LogP contribution < -0.4 is 5.32 Å². The predicted molar refractivity (Wildman–Crippen MR) is 168 cm³/mol. The summed E-state index contributed by atoms with van der Waals surface area (Å²) in [5.74, 6) is -0.0395. The van der Waals surface area contributed by atoms with Crippen LogP contribution in [0.3, 0.4) is 0 Å². The molecule has 3 heterocycles. The van der Waals surface area contributed by atoms with Crippen LogP contribution in [0.1, 0.15) is 60.3 Å². The average molecular weight is 634 g/mol. The molecule has 3 saturated heterocycles. The van der Waals surface area contributed by atoms with Crippen molar-refractivity contribution < 1.29 is 42.9 Å². The third-order valence-electron chi connectivity index (χ3n) is 8.30. The number of hydrogen-bond acceptors (Lipinski definition) is 9. The first-order valence-electron chi connectivity index (χ1n) is 15.6. The van der Waals surface area contributed by atoms with Crippen LogP contribution in [0.25, 0.3) is 0 Å². The maximum Gasteiger partial charge on any atom is 0.409 e. The standard InChI is InChI=1S/C33H51N3O9/c1-20(11-14-28-30(45-32(40)36(8)9)33(19-41-33)18-25(44-28)17-22(3)37)10-13-27-21(2)16-26(24(5)43-27)34-29(38)15-12-23(4)42-31(39)35(6)7/h10-12,14-15,21,23-28,30H,13,16-19H2,1-9H3,(H,34,38)/b14-11+,15-12-,20-10+/t21-,23-,24+,25+,26+,27-,28+,30+,33+/m0/s1. The molecule has 3 rings (SSSR count). The van der Waals surface area contributed by atoms with Crippen LogP contribution >= 0.6 is 0 Å². The van der Waals surface area contributed by atoms with Crippen molar-refractivity contribution in [2.75, 3.05) is 34.8 Å². The molecule has 45 heavy (non-hydrogen) atoms. The van der Waals surface area contributed by atoms with E-state index in [2.05, 4.69) is 18.3 Å². The highest BCUT2D eigenvalue weighted by atomic mass is 16.7. The van der Waals surface area contributed by atoms with Crippen LogP contribution in [0.15, 0.2) is 36.0 Å². The second-order valence-electron chi connectivity index (χ2n) is 13.0. The fourth-order valence-corrected chi connectivity index (χ4v) is 5.58. The first kappa shape index (κ1) is 36.3. The van der Waals surface area contributed by atoms with E-state index in [1.54, 1.807) is 41.2 Å². The van der Waals surface area contributed by atoms with Gasteiger partial charge in [0.15, 0.2) is 6.10 Å². The molecule has 3 amide bonds. The third-order valence-corrected chi connectivity index (χ3v) is 8.30. The lowest BCUT2D eigenvalue weighted by Gasteiger charge is -2.39. The van der Waals surface area contributed by atoms with Crippen molar-refractivity contribution in [2.45, 2.75) is 109 Å². The van der Waals surface area contributed by atoms with Crippen LogP contribution in [-0.4, -0.2) is 117 Å². The van der Waals surface area contributed by atoms with Crippen molar-refractivity contribution >= 4 is 23.9 Å². The number of epoxide rings is 1. The van der Waals surface area contributed by atoms with Gasteiger partial charge in [0.25, 0.3) is 0 Å². The van der Waals surface area contributed by atoms with Gasteiger partial charge in [-0.25, -0.2) is 9.59 Å². The van der Waals surface area contributed by atoms with Gasteiger partial charge in [0, 0.05) is 47.1 Å². The van der Waals surface area contributed by atoms with Gasteiger partial charge in [0.05, 0.1) is 31.0 Å². The topological polar surface area (TPSA) is 136 Å². The maximum atomic E-state index is 12.5. The van der Waals surface area contributed by atoms with Crippen molar-refractivity contribution in [3.8, 4) is 0 Å². The van der Waals surface area contributed by atoms with Gasteiger partial charge >= 0.3 is 12.2 Å². The molecule has 0 radical (unpaired) electrons. The number of Topliss-reactive ketones (excluding diaryl/α,β-unsaturated/α-hetero) is 1. The number of ketones is 1. The zero-order chi connectivity index (χ0) is 33.5. The predicted octanol–water partition coefficient (Wildman–Crippen LogP) is 3.79. The number of nitrogens with one attached hydrogen (secondary N) is 1. The zero-order valence-electron chi connectivity index (χ0n) is 28.1. The molecule has 1 spiro atoms. The first-order valence-corrected chi connectivity index (χ1v) is 15.6. The number of nitrogens with zero attached hydrogens (tertiary/aromatic N) is 2. The van der Waals surface area contributed by atoms with Gasteiger partial charge in [0.1, 0.15) is 23.6 Å². The third kappa shape index (κ3) is 10.7. The largest absolute Gasteiger partial charge is 0.442 e. The molecule has 1 N–H and O–H groups in total. The minimum atomic E-state index is -0.642. The van der Waals surface area contributed by atoms with E-state index >= 15 is 0 Å². The quantitative estimate of drug-likeness (QED) is 0.205. The summed E-state index contributed by atoms with van der Waals surface area (Å²) in [5.41, 5.74) is 0.348. The maximum absolute atomic E-state index is 12.5. The van der Waals surface area contributed by atoms with Gasteiger partial charge in [-0.2, -0.15) is 0 Å². The van der Waals surface area contributed by atoms with E-state index in [0.717, 1.165) is 12.0 Å². The molecule has 0 unspecified atom stereocenters. The molecular formula is C33H51N3O9. The Labute approximate surface area is 267 Å². The Hall–Kier alpha value is -3.22. The molecule has 0 aromatic carbocycles. The van der Waals surface area contributed by atoms with E-state index in [-0.39, 0.29) is 48.4 Å². The molecule has 0 saturated carbocycles. The second kappa shape index (κ2) is 15.9. The number of allylic oxidation sites excluding steroid dienone is 2. The Balaban J connectivity index is 1.57. The number of carbonyl (C=O) groups excluding carboxylic acids is 4. The summed E-state index contributed by atoms with van der Waals surface area (Å²) < 4.78 is 29.4. The molecule has 0 aromatic heterocycles. The van der Waals surface area contributed by atoms with Crippen LogP contribution in [-0.2, 0) is 33.3 Å². The highest BCUT2D eigenvalue weighted by molar-refractivity contribution is 5.87. The smallest absolute Gasteiger partial charge is 0.409 e. The summed E-state index contributed by atoms with van der Waals surface area (Å²) in [6.45, 7) is 9.73. The summed E-state index contributed by atoms with van der Waals surface area (Å²) in [5, 5.41) is 3.01. The van der Waals surface area contributed by atoms with Crippen LogP contribution in [0.2, 0.25) is 0 Å². The number of ether oxygens (including phenoxy) is 5. The lowest BCUT2D eigenvalue weighted by molar-refractivity contribution is -0.145. The van der Waals surface area contributed by atoms with Crippen molar-refractivity contribution in [2.24, 2.45) is 5.92 Å². The average Bonchev–Trinajstić information content (AvgIpc) is 3.72. The van der Waals surface area contributed by atoms with Gasteiger partial charge in [-0.15, -0.1) is 0 Å². The summed E-state index contributed by atoms with van der Waals surface area (Å²) in [4.78, 5) is 51.2. The lowest BCUT2D eigenvalue weighted by Crippen LogP contribution is -2.53. The monoisotopic (exact) mass is 633 g/mol. The number of carbonyl (C=O) groups is 4. The molecule has 0 bridgehead atoms. The highest BCUT2D eigenvalue weighted by Crippen LogP contribution is 2.45. The van der Waals surface area contributed by atoms with Gasteiger partial charge in [-0.3, -0.25) is 9.59 Å². The van der Waals surface area contributed by atoms with Gasteiger partial charge in [-0.1, -0.05) is 30.7 Å². The molecule has 0 aromatic rings. The first-order chi connectivity index (χ1) is 21.1. The summed E-state index contributed by atoms with van der Waals surface area (Å²) >= 11 is 0. The van der Waals surface area contributed by atoms with Crippen LogP contribution in [0, 0.1) is 5.92 Å². The Morgan fingerprint density at radius 3 is 2.29 bits per heavy atom. The number of amides is 3. The minimum absolute atomic E-state index is 0.0275.